The second kappa shape index (κ2) is 10.5. The first-order valence-corrected chi connectivity index (χ1v) is 12.6. The second-order valence-electron chi connectivity index (χ2n) is 8.84. The van der Waals surface area contributed by atoms with E-state index in [2.05, 4.69) is 10.3 Å². The molecule has 1 unspecified atom stereocenters. The number of benzene rings is 2. The topological polar surface area (TPSA) is 97.8 Å². The maximum absolute atomic E-state index is 13.2. The summed E-state index contributed by atoms with van der Waals surface area (Å²) < 4.78 is 11.1. The third kappa shape index (κ3) is 5.41. The van der Waals surface area contributed by atoms with Crippen LogP contribution in [0.1, 0.15) is 47.4 Å². The number of aryl methyl sites for hydroxylation is 2. The van der Waals surface area contributed by atoms with E-state index in [4.69, 9.17) is 9.47 Å². The van der Waals surface area contributed by atoms with Crippen molar-refractivity contribution in [2.75, 3.05) is 16.8 Å². The average Bonchev–Trinajstić information content (AvgIpc) is 3.18. The molecule has 0 fully saturated rings. The molecule has 1 atom stereocenters. The van der Waals surface area contributed by atoms with E-state index < -0.39 is 12.1 Å². The number of hydrogen-bond acceptors (Lipinski definition) is 7. The molecular weight excluding hydrogens is 478 g/mol. The number of amides is 2. The number of rotatable bonds is 7. The lowest BCUT2D eigenvalue weighted by molar-refractivity contribution is -0.128. The van der Waals surface area contributed by atoms with E-state index in [-0.39, 0.29) is 24.5 Å². The Kier molecular flexibility index (Phi) is 7.40. The van der Waals surface area contributed by atoms with Crippen LogP contribution in [-0.2, 0) is 14.3 Å². The minimum atomic E-state index is -0.661. The lowest BCUT2D eigenvalue weighted by Gasteiger charge is -2.34. The van der Waals surface area contributed by atoms with Gasteiger partial charge in [-0.25, -0.2) is 9.78 Å². The molecule has 2 aromatic carbocycles. The molecule has 0 aliphatic carbocycles. The van der Waals surface area contributed by atoms with Gasteiger partial charge in [-0.05, 0) is 76.6 Å². The van der Waals surface area contributed by atoms with Crippen LogP contribution in [0.2, 0.25) is 0 Å². The fourth-order valence-corrected chi connectivity index (χ4v) is 4.85. The van der Waals surface area contributed by atoms with E-state index in [0.29, 0.717) is 29.1 Å². The third-order valence-electron chi connectivity index (χ3n) is 5.66. The summed E-state index contributed by atoms with van der Waals surface area (Å²) in [4.78, 5) is 45.4. The number of carbonyl (C=O) groups excluding carboxylic acids is 3. The Morgan fingerprint density at radius 2 is 1.89 bits per heavy atom. The van der Waals surface area contributed by atoms with Gasteiger partial charge in [0, 0.05) is 16.1 Å². The molecular formula is C27H29N3O5S. The Bertz CT molecular complexity index is 1300. The van der Waals surface area contributed by atoms with Gasteiger partial charge < -0.3 is 14.8 Å². The van der Waals surface area contributed by atoms with Crippen molar-refractivity contribution in [3.05, 3.63) is 57.9 Å². The SMILES string of the molecule is CCC1Oc2ccc(-c3nc(C)sc3C)cc2N(CC(=O)Nc2ccc(C(=O)OC(C)C)cc2)C1=O. The Labute approximate surface area is 214 Å². The standard InChI is InChI=1S/C27H29N3O5S/c1-6-22-26(32)30(14-24(31)29-20-10-7-18(8-11-20)27(33)34-15(2)3)21-13-19(9-12-23(21)35-22)25-16(4)36-17(5)28-25/h7-13,15,22H,6,14H2,1-5H3,(H,29,31). The molecule has 1 aromatic heterocycles. The van der Waals surface area contributed by atoms with Crippen molar-refractivity contribution in [2.24, 2.45) is 0 Å². The van der Waals surface area contributed by atoms with Crippen LogP contribution in [0.15, 0.2) is 42.5 Å². The molecule has 0 radical (unpaired) electrons. The lowest BCUT2D eigenvalue weighted by Crippen LogP contribution is -2.48. The summed E-state index contributed by atoms with van der Waals surface area (Å²) in [6, 6.07) is 12.0. The monoisotopic (exact) mass is 507 g/mol. The van der Waals surface area contributed by atoms with Crippen molar-refractivity contribution in [1.82, 2.24) is 4.98 Å². The van der Waals surface area contributed by atoms with Gasteiger partial charge in [-0.1, -0.05) is 6.92 Å². The van der Waals surface area contributed by atoms with Crippen LogP contribution >= 0.6 is 11.3 Å². The van der Waals surface area contributed by atoms with Gasteiger partial charge in [-0.2, -0.15) is 0 Å². The molecule has 188 valence electrons. The van der Waals surface area contributed by atoms with Crippen LogP contribution in [0.25, 0.3) is 11.3 Å². The van der Waals surface area contributed by atoms with Gasteiger partial charge >= 0.3 is 5.97 Å². The zero-order valence-electron chi connectivity index (χ0n) is 21.0. The third-order valence-corrected chi connectivity index (χ3v) is 6.54. The zero-order valence-corrected chi connectivity index (χ0v) is 21.8. The summed E-state index contributed by atoms with van der Waals surface area (Å²) in [7, 11) is 0. The molecule has 1 aliphatic rings. The fourth-order valence-electron chi connectivity index (χ4n) is 4.01. The van der Waals surface area contributed by atoms with Gasteiger partial charge in [0.1, 0.15) is 12.3 Å². The lowest BCUT2D eigenvalue weighted by atomic mass is 10.1. The molecule has 1 aliphatic heterocycles. The number of hydrogen-bond donors (Lipinski definition) is 1. The Balaban J connectivity index is 1.55. The second-order valence-corrected chi connectivity index (χ2v) is 10.2. The number of fused-ring (bicyclic) bond motifs is 1. The number of anilines is 2. The molecule has 8 nitrogen and oxygen atoms in total. The van der Waals surface area contributed by atoms with Crippen molar-refractivity contribution in [3.63, 3.8) is 0 Å². The van der Waals surface area contributed by atoms with Crippen molar-refractivity contribution in [3.8, 4) is 17.0 Å². The highest BCUT2D eigenvalue weighted by Gasteiger charge is 2.35. The Hall–Kier alpha value is -3.72. The fraction of sp³-hybridized carbons (Fsp3) is 0.333. The number of nitrogens with one attached hydrogen (secondary N) is 1. The Morgan fingerprint density at radius 3 is 2.50 bits per heavy atom. The number of ether oxygens (including phenoxy) is 2. The van der Waals surface area contributed by atoms with E-state index in [9.17, 15) is 14.4 Å². The summed E-state index contributed by atoms with van der Waals surface area (Å²) in [6.07, 6.45) is -0.399. The van der Waals surface area contributed by atoms with Gasteiger partial charge in [-0.3, -0.25) is 14.5 Å². The highest BCUT2D eigenvalue weighted by Crippen LogP contribution is 2.39. The molecule has 3 aromatic rings. The predicted octanol–water partition coefficient (Wildman–Crippen LogP) is 5.13. The summed E-state index contributed by atoms with van der Waals surface area (Å²) >= 11 is 1.61. The molecule has 0 saturated carbocycles. The largest absolute Gasteiger partial charge is 0.478 e. The van der Waals surface area contributed by atoms with Gasteiger partial charge in [0.2, 0.25) is 5.91 Å². The van der Waals surface area contributed by atoms with E-state index in [1.807, 2.05) is 39.0 Å². The average molecular weight is 508 g/mol. The molecule has 9 heteroatoms. The van der Waals surface area contributed by atoms with Crippen molar-refractivity contribution in [1.29, 1.82) is 0 Å². The summed E-state index contributed by atoms with van der Waals surface area (Å²) in [5.74, 6) is -0.508. The number of nitrogens with zero attached hydrogens (tertiary/aromatic N) is 2. The minimum absolute atomic E-state index is 0.179. The summed E-state index contributed by atoms with van der Waals surface area (Å²) in [5.41, 5.74) is 3.15. The molecule has 36 heavy (non-hydrogen) atoms. The number of thiazole rings is 1. The molecule has 2 heterocycles. The van der Waals surface area contributed by atoms with Crippen LogP contribution in [0.5, 0.6) is 5.75 Å². The van der Waals surface area contributed by atoms with Crippen LogP contribution in [-0.4, -0.2) is 41.5 Å². The highest BCUT2D eigenvalue weighted by atomic mass is 32.1. The number of aromatic nitrogens is 1. The maximum atomic E-state index is 13.2. The van der Waals surface area contributed by atoms with Gasteiger partial charge in [-0.15, -0.1) is 11.3 Å². The maximum Gasteiger partial charge on any atom is 0.338 e. The molecule has 4 rings (SSSR count). The molecule has 0 bridgehead atoms. The summed E-state index contributed by atoms with van der Waals surface area (Å²) in [6.45, 7) is 9.21. The minimum Gasteiger partial charge on any atom is -0.478 e. The molecule has 0 spiro atoms. The first kappa shape index (κ1) is 25.4. The first-order chi connectivity index (χ1) is 17.2. The number of esters is 1. The smallest absolute Gasteiger partial charge is 0.338 e. The molecule has 1 N–H and O–H groups in total. The quantitative estimate of drug-likeness (QED) is 0.445. The highest BCUT2D eigenvalue weighted by molar-refractivity contribution is 7.11. The predicted molar refractivity (Wildman–Crippen MR) is 140 cm³/mol. The van der Waals surface area contributed by atoms with Crippen molar-refractivity contribution in [2.45, 2.75) is 53.2 Å². The molecule has 2 amide bonds. The van der Waals surface area contributed by atoms with Gasteiger partial charge in [0.25, 0.3) is 5.91 Å². The van der Waals surface area contributed by atoms with E-state index in [0.717, 1.165) is 21.1 Å². The van der Waals surface area contributed by atoms with Crippen molar-refractivity contribution < 1.29 is 23.9 Å². The van der Waals surface area contributed by atoms with Crippen LogP contribution in [0.4, 0.5) is 11.4 Å². The van der Waals surface area contributed by atoms with E-state index >= 15 is 0 Å². The van der Waals surface area contributed by atoms with Gasteiger partial charge in [0.05, 0.1) is 28.1 Å². The van der Waals surface area contributed by atoms with Crippen LogP contribution < -0.4 is 15.0 Å². The van der Waals surface area contributed by atoms with E-state index in [1.54, 1.807) is 49.4 Å². The van der Waals surface area contributed by atoms with Crippen LogP contribution in [0, 0.1) is 13.8 Å². The normalized spacial score (nSPS) is 14.9. The molecule has 0 saturated heterocycles. The van der Waals surface area contributed by atoms with Crippen molar-refractivity contribution >= 4 is 40.5 Å². The van der Waals surface area contributed by atoms with Gasteiger partial charge in [0.15, 0.2) is 6.10 Å². The Morgan fingerprint density at radius 1 is 1.17 bits per heavy atom. The zero-order chi connectivity index (χ0) is 26.0. The number of carbonyl (C=O) groups is 3. The van der Waals surface area contributed by atoms with E-state index in [1.165, 1.54) is 4.90 Å². The van der Waals surface area contributed by atoms with Crippen LogP contribution in [0.3, 0.4) is 0 Å². The first-order valence-electron chi connectivity index (χ1n) is 11.8. The summed E-state index contributed by atoms with van der Waals surface area (Å²) in [5, 5.41) is 3.76.